The highest BCUT2D eigenvalue weighted by Gasteiger charge is 2.46. The van der Waals surface area contributed by atoms with Gasteiger partial charge in [-0.25, -0.2) is 0 Å². The number of ether oxygens (including phenoxy) is 4. The molecule has 37 heavy (non-hydrogen) atoms. The summed E-state index contributed by atoms with van der Waals surface area (Å²) in [5, 5.41) is 11.6. The standard InChI is InChI=1S/C28H26ClNO7/c1-34-19-7-5-6-17(13-19)25-24(26(31)18-9-11-21(35-2)20(29)14-18)27(32)28(33)30(25)15-16-8-10-22(36-3)23(12-16)37-4/h5-14,25,31H,15H2,1-4H3/b26-24-. The topological polar surface area (TPSA) is 94.5 Å². The minimum Gasteiger partial charge on any atom is -0.507 e. The fourth-order valence-corrected chi connectivity index (χ4v) is 4.60. The number of carbonyl (C=O) groups is 2. The van der Waals surface area contributed by atoms with E-state index in [1.54, 1.807) is 54.6 Å². The molecule has 0 aliphatic carbocycles. The summed E-state index contributed by atoms with van der Waals surface area (Å²) < 4.78 is 21.3. The number of Topliss-reactive ketones (excluding diaryl/α,β-unsaturated/α-hetero) is 1. The Bertz CT molecular complexity index is 1380. The molecule has 1 fully saturated rings. The van der Waals surface area contributed by atoms with Crippen LogP contribution in [0.2, 0.25) is 5.02 Å². The lowest BCUT2D eigenvalue weighted by molar-refractivity contribution is -0.140. The first-order valence-electron chi connectivity index (χ1n) is 11.3. The van der Waals surface area contributed by atoms with Crippen molar-refractivity contribution >= 4 is 29.1 Å². The predicted octanol–water partition coefficient (Wildman–Crippen LogP) is 5.00. The number of likely N-dealkylation sites (tertiary alicyclic amines) is 1. The van der Waals surface area contributed by atoms with Gasteiger partial charge in [0, 0.05) is 12.1 Å². The van der Waals surface area contributed by atoms with Crippen LogP contribution in [-0.2, 0) is 16.1 Å². The number of hydrogen-bond acceptors (Lipinski definition) is 7. The van der Waals surface area contributed by atoms with E-state index in [0.717, 1.165) is 0 Å². The third kappa shape index (κ3) is 4.93. The molecular formula is C28H26ClNO7. The smallest absolute Gasteiger partial charge is 0.295 e. The number of amides is 1. The number of hydrogen-bond donors (Lipinski definition) is 1. The SMILES string of the molecule is COc1cccc(C2/C(=C(/O)c3ccc(OC)c(Cl)c3)C(=O)C(=O)N2Cc2ccc(OC)c(OC)c2)c1. The Morgan fingerprint density at radius 1 is 0.865 bits per heavy atom. The van der Waals surface area contributed by atoms with Gasteiger partial charge >= 0.3 is 0 Å². The van der Waals surface area contributed by atoms with Crippen LogP contribution >= 0.6 is 11.6 Å². The first kappa shape index (κ1) is 25.9. The number of methoxy groups -OCH3 is 4. The Morgan fingerprint density at radius 2 is 1.57 bits per heavy atom. The van der Waals surface area contributed by atoms with E-state index in [1.807, 2.05) is 0 Å². The van der Waals surface area contributed by atoms with E-state index in [0.29, 0.717) is 34.1 Å². The van der Waals surface area contributed by atoms with Gasteiger partial charge in [-0.1, -0.05) is 29.8 Å². The summed E-state index contributed by atoms with van der Waals surface area (Å²) in [4.78, 5) is 28.1. The number of rotatable bonds is 8. The molecule has 0 bridgehead atoms. The monoisotopic (exact) mass is 523 g/mol. The Morgan fingerprint density at radius 3 is 2.22 bits per heavy atom. The van der Waals surface area contributed by atoms with Crippen molar-refractivity contribution < 1.29 is 33.6 Å². The maximum absolute atomic E-state index is 13.3. The van der Waals surface area contributed by atoms with Crippen molar-refractivity contribution in [3.63, 3.8) is 0 Å². The molecule has 1 aliphatic heterocycles. The fourth-order valence-electron chi connectivity index (χ4n) is 4.35. The fraction of sp³-hybridized carbons (Fsp3) is 0.214. The molecule has 0 saturated carbocycles. The van der Waals surface area contributed by atoms with Crippen LogP contribution in [0.4, 0.5) is 0 Å². The first-order chi connectivity index (χ1) is 17.8. The summed E-state index contributed by atoms with van der Waals surface area (Å²) in [7, 11) is 6.05. The maximum atomic E-state index is 13.3. The summed E-state index contributed by atoms with van der Waals surface area (Å²) in [6.07, 6.45) is 0. The first-order valence-corrected chi connectivity index (χ1v) is 11.7. The number of carbonyl (C=O) groups excluding carboxylic acids is 2. The molecule has 1 aliphatic rings. The quantitative estimate of drug-likeness (QED) is 0.252. The third-order valence-corrected chi connectivity index (χ3v) is 6.47. The Labute approximate surface area is 219 Å². The van der Waals surface area contributed by atoms with Gasteiger partial charge in [0.1, 0.15) is 17.3 Å². The molecule has 1 N–H and O–H groups in total. The Kier molecular flexibility index (Phi) is 7.59. The van der Waals surface area contributed by atoms with Crippen molar-refractivity contribution in [1.29, 1.82) is 0 Å². The number of halogens is 1. The van der Waals surface area contributed by atoms with E-state index in [-0.39, 0.29) is 28.5 Å². The van der Waals surface area contributed by atoms with Crippen LogP contribution in [0.15, 0.2) is 66.2 Å². The average Bonchev–Trinajstić information content (AvgIpc) is 3.17. The molecule has 0 radical (unpaired) electrons. The van der Waals surface area contributed by atoms with E-state index in [9.17, 15) is 14.7 Å². The van der Waals surface area contributed by atoms with Crippen LogP contribution in [0, 0.1) is 0 Å². The molecule has 9 heteroatoms. The van der Waals surface area contributed by atoms with Crippen LogP contribution in [0.3, 0.4) is 0 Å². The summed E-state index contributed by atoms with van der Waals surface area (Å²) >= 11 is 6.27. The van der Waals surface area contributed by atoms with E-state index in [2.05, 4.69) is 0 Å². The van der Waals surface area contributed by atoms with E-state index >= 15 is 0 Å². The third-order valence-electron chi connectivity index (χ3n) is 6.18. The molecule has 1 unspecified atom stereocenters. The van der Waals surface area contributed by atoms with Crippen LogP contribution in [0.25, 0.3) is 5.76 Å². The molecule has 4 rings (SSSR count). The molecular weight excluding hydrogens is 498 g/mol. The molecule has 1 amide bonds. The zero-order chi connectivity index (χ0) is 26.7. The lowest BCUT2D eigenvalue weighted by atomic mass is 9.95. The van der Waals surface area contributed by atoms with Gasteiger partial charge in [-0.15, -0.1) is 0 Å². The van der Waals surface area contributed by atoms with Gasteiger partial charge in [-0.05, 0) is 53.6 Å². The molecule has 1 atom stereocenters. The van der Waals surface area contributed by atoms with Crippen LogP contribution in [0.5, 0.6) is 23.0 Å². The minimum absolute atomic E-state index is 0.0556. The van der Waals surface area contributed by atoms with E-state index < -0.39 is 17.7 Å². The van der Waals surface area contributed by atoms with Crippen molar-refractivity contribution in [2.45, 2.75) is 12.6 Å². The highest BCUT2D eigenvalue weighted by Crippen LogP contribution is 2.42. The van der Waals surface area contributed by atoms with E-state index in [4.69, 9.17) is 30.5 Å². The van der Waals surface area contributed by atoms with Gasteiger partial charge in [0.25, 0.3) is 11.7 Å². The molecule has 1 saturated heterocycles. The van der Waals surface area contributed by atoms with Gasteiger partial charge in [0.05, 0.1) is 45.1 Å². The van der Waals surface area contributed by atoms with Crippen molar-refractivity contribution in [2.75, 3.05) is 28.4 Å². The number of aliphatic hydroxyl groups is 1. The van der Waals surface area contributed by atoms with Crippen molar-refractivity contribution in [2.24, 2.45) is 0 Å². The van der Waals surface area contributed by atoms with Crippen LogP contribution in [0.1, 0.15) is 22.7 Å². The average molecular weight is 524 g/mol. The predicted molar refractivity (Wildman–Crippen MR) is 138 cm³/mol. The second-order valence-corrected chi connectivity index (χ2v) is 8.65. The molecule has 0 spiro atoms. The van der Waals surface area contributed by atoms with Gasteiger partial charge < -0.3 is 29.0 Å². The highest BCUT2D eigenvalue weighted by molar-refractivity contribution is 6.46. The summed E-state index contributed by atoms with van der Waals surface area (Å²) in [6.45, 7) is 0.0763. The zero-order valence-electron chi connectivity index (χ0n) is 20.8. The summed E-state index contributed by atoms with van der Waals surface area (Å²) in [5.74, 6) is 0.0848. The van der Waals surface area contributed by atoms with Crippen LogP contribution in [-0.4, -0.2) is 50.1 Å². The molecule has 192 valence electrons. The second-order valence-electron chi connectivity index (χ2n) is 8.24. The Balaban J connectivity index is 1.86. The Hall–Kier alpha value is -4.17. The number of benzene rings is 3. The minimum atomic E-state index is -0.885. The van der Waals surface area contributed by atoms with Gasteiger partial charge in [0.15, 0.2) is 11.5 Å². The highest BCUT2D eigenvalue weighted by atomic mass is 35.5. The molecule has 8 nitrogen and oxygen atoms in total. The van der Waals surface area contributed by atoms with E-state index in [1.165, 1.54) is 39.4 Å². The van der Waals surface area contributed by atoms with Gasteiger partial charge in [-0.2, -0.15) is 0 Å². The molecule has 3 aromatic carbocycles. The lowest BCUT2D eigenvalue weighted by Crippen LogP contribution is -2.29. The zero-order valence-corrected chi connectivity index (χ0v) is 21.5. The van der Waals surface area contributed by atoms with Crippen molar-refractivity contribution in [1.82, 2.24) is 4.90 Å². The number of ketones is 1. The maximum Gasteiger partial charge on any atom is 0.295 e. The van der Waals surface area contributed by atoms with Crippen molar-refractivity contribution in [3.8, 4) is 23.0 Å². The van der Waals surface area contributed by atoms with Gasteiger partial charge in [-0.3, -0.25) is 9.59 Å². The summed E-state index contributed by atoms with van der Waals surface area (Å²) in [6, 6.07) is 16.0. The largest absolute Gasteiger partial charge is 0.507 e. The second kappa shape index (κ2) is 10.8. The number of nitrogens with zero attached hydrogens (tertiary/aromatic N) is 1. The normalized spacial score (nSPS) is 16.6. The number of aliphatic hydroxyl groups excluding tert-OH is 1. The molecule has 3 aromatic rings. The summed E-state index contributed by atoms with van der Waals surface area (Å²) in [5.41, 5.74) is 1.53. The lowest BCUT2D eigenvalue weighted by Gasteiger charge is -2.26. The van der Waals surface area contributed by atoms with Gasteiger partial charge in [0.2, 0.25) is 0 Å². The molecule has 1 heterocycles. The molecule has 0 aromatic heterocycles. The van der Waals surface area contributed by atoms with Crippen LogP contribution < -0.4 is 18.9 Å². The van der Waals surface area contributed by atoms with Crippen molar-refractivity contribution in [3.05, 3.63) is 87.9 Å².